The molecule has 0 radical (unpaired) electrons. The quantitative estimate of drug-likeness (QED) is 0.551. The third-order valence-electron chi connectivity index (χ3n) is 1.77. The van der Waals surface area contributed by atoms with Crippen LogP contribution in [-0.4, -0.2) is 26.2 Å². The van der Waals surface area contributed by atoms with Gasteiger partial charge in [0.05, 0.1) is 18.5 Å². The van der Waals surface area contributed by atoms with E-state index in [0.717, 1.165) is 23.5 Å². The summed E-state index contributed by atoms with van der Waals surface area (Å²) >= 11 is 1.71. The molecule has 0 fully saturated rings. The molecule has 6 nitrogen and oxygen atoms in total. The van der Waals surface area contributed by atoms with Crippen molar-refractivity contribution < 1.29 is 19.1 Å². The lowest BCUT2D eigenvalue weighted by atomic mass is 10.4. The third-order valence-corrected chi connectivity index (χ3v) is 4.32. The van der Waals surface area contributed by atoms with Crippen molar-refractivity contribution in [1.29, 1.82) is 10.5 Å². The molecule has 1 rings (SSSR count). The SMILES string of the molecule is COC(=O)C1=C(C(=O)OC)SC(=C(C#N)C#N)S1. The highest BCUT2D eigenvalue weighted by atomic mass is 32.2. The zero-order valence-electron chi connectivity index (χ0n) is 9.34. The highest BCUT2D eigenvalue weighted by Crippen LogP contribution is 2.51. The summed E-state index contributed by atoms with van der Waals surface area (Å²) in [6, 6.07) is 3.39. The summed E-state index contributed by atoms with van der Waals surface area (Å²) in [5, 5.41) is 17.5. The van der Waals surface area contributed by atoms with Gasteiger partial charge in [0, 0.05) is 0 Å². The molecule has 0 saturated heterocycles. The van der Waals surface area contributed by atoms with Crippen molar-refractivity contribution in [2.45, 2.75) is 0 Å². The Labute approximate surface area is 111 Å². The zero-order valence-corrected chi connectivity index (χ0v) is 11.0. The van der Waals surface area contributed by atoms with Crippen LogP contribution in [-0.2, 0) is 19.1 Å². The normalized spacial score (nSPS) is 13.7. The number of carbonyl (C=O) groups is 2. The lowest BCUT2D eigenvalue weighted by Gasteiger charge is -2.00. The van der Waals surface area contributed by atoms with Gasteiger partial charge in [0.1, 0.15) is 27.5 Å². The summed E-state index contributed by atoms with van der Waals surface area (Å²) in [5.74, 6) is -1.42. The summed E-state index contributed by atoms with van der Waals surface area (Å²) in [5.41, 5.74) is -0.162. The highest BCUT2D eigenvalue weighted by molar-refractivity contribution is 8.29. The van der Waals surface area contributed by atoms with Gasteiger partial charge >= 0.3 is 11.9 Å². The first-order chi connectivity index (χ1) is 8.58. The second-order valence-corrected chi connectivity index (χ2v) is 5.03. The first-order valence-electron chi connectivity index (χ1n) is 4.40. The molecule has 18 heavy (non-hydrogen) atoms. The van der Waals surface area contributed by atoms with E-state index >= 15 is 0 Å². The third kappa shape index (κ3) is 2.67. The van der Waals surface area contributed by atoms with E-state index in [0.29, 0.717) is 0 Å². The van der Waals surface area contributed by atoms with Crippen molar-refractivity contribution in [2.24, 2.45) is 0 Å². The summed E-state index contributed by atoms with van der Waals surface area (Å²) in [4.78, 5) is 23.0. The maximum Gasteiger partial charge on any atom is 0.346 e. The van der Waals surface area contributed by atoms with Crippen molar-refractivity contribution >= 4 is 35.5 Å². The van der Waals surface area contributed by atoms with E-state index in [1.165, 1.54) is 14.2 Å². The fraction of sp³-hybridized carbons (Fsp3) is 0.200. The van der Waals surface area contributed by atoms with E-state index in [-0.39, 0.29) is 19.6 Å². The average Bonchev–Trinajstić information content (AvgIpc) is 2.83. The topological polar surface area (TPSA) is 100 Å². The van der Waals surface area contributed by atoms with Gasteiger partial charge in [0.15, 0.2) is 0 Å². The lowest BCUT2D eigenvalue weighted by Crippen LogP contribution is -2.08. The van der Waals surface area contributed by atoms with Gasteiger partial charge in [-0.15, -0.1) is 0 Å². The molecule has 0 N–H and O–H groups in total. The molecule has 8 heteroatoms. The molecule has 92 valence electrons. The molecule has 1 heterocycles. The number of nitriles is 2. The molecule has 0 aliphatic carbocycles. The van der Waals surface area contributed by atoms with E-state index in [9.17, 15) is 9.59 Å². The summed E-state index contributed by atoms with van der Waals surface area (Å²) in [7, 11) is 2.35. The van der Waals surface area contributed by atoms with Crippen LogP contribution in [0.5, 0.6) is 0 Å². The number of allylic oxidation sites excluding steroid dienone is 1. The number of esters is 2. The fourth-order valence-electron chi connectivity index (χ4n) is 0.971. The number of methoxy groups -OCH3 is 2. The Hall–Kier alpha value is -1.90. The monoisotopic (exact) mass is 282 g/mol. The minimum atomic E-state index is -0.710. The Balaban J connectivity index is 3.21. The Morgan fingerprint density at radius 3 is 1.67 bits per heavy atom. The Bertz CT molecular complexity index is 505. The van der Waals surface area contributed by atoms with Crippen LogP contribution in [0.2, 0.25) is 0 Å². The van der Waals surface area contributed by atoms with Gasteiger partial charge in [-0.05, 0) is 0 Å². The van der Waals surface area contributed by atoms with Crippen LogP contribution in [0.1, 0.15) is 0 Å². The van der Waals surface area contributed by atoms with E-state index in [1.807, 2.05) is 0 Å². The summed E-state index contributed by atoms with van der Waals surface area (Å²) < 4.78 is 9.32. The highest BCUT2D eigenvalue weighted by Gasteiger charge is 2.33. The number of hydrogen-bond acceptors (Lipinski definition) is 8. The van der Waals surface area contributed by atoms with E-state index in [1.54, 1.807) is 12.1 Å². The lowest BCUT2D eigenvalue weighted by molar-refractivity contribution is -0.138. The molecular formula is C10H6N2O4S2. The largest absolute Gasteiger partial charge is 0.465 e. The molecule has 1 aliphatic heterocycles. The summed E-state index contributed by atoms with van der Waals surface area (Å²) in [6.07, 6.45) is 0. The number of thioether (sulfide) groups is 2. The molecule has 0 saturated carbocycles. The Kier molecular flexibility index (Phi) is 4.84. The van der Waals surface area contributed by atoms with Gasteiger partial charge < -0.3 is 9.47 Å². The predicted octanol–water partition coefficient (Wildman–Crippen LogP) is 1.28. The van der Waals surface area contributed by atoms with Crippen LogP contribution in [0, 0.1) is 22.7 Å². The minimum Gasteiger partial charge on any atom is -0.465 e. The van der Waals surface area contributed by atoms with Gasteiger partial charge in [0.25, 0.3) is 0 Å². The average molecular weight is 282 g/mol. The van der Waals surface area contributed by atoms with E-state index in [2.05, 4.69) is 9.47 Å². The first-order valence-corrected chi connectivity index (χ1v) is 6.03. The molecule has 0 amide bonds. The molecule has 0 aromatic rings. The Morgan fingerprint density at radius 2 is 1.39 bits per heavy atom. The first kappa shape index (κ1) is 14.2. The maximum atomic E-state index is 11.5. The van der Waals surface area contributed by atoms with Crippen molar-refractivity contribution in [1.82, 2.24) is 0 Å². The number of hydrogen-bond donors (Lipinski definition) is 0. The van der Waals surface area contributed by atoms with E-state index in [4.69, 9.17) is 10.5 Å². The summed E-state index contributed by atoms with van der Waals surface area (Å²) in [6.45, 7) is 0. The predicted molar refractivity (Wildman–Crippen MR) is 64.5 cm³/mol. The van der Waals surface area contributed by atoms with Gasteiger partial charge in [-0.25, -0.2) is 9.59 Å². The van der Waals surface area contributed by atoms with Gasteiger partial charge in [-0.2, -0.15) is 10.5 Å². The zero-order chi connectivity index (χ0) is 13.7. The molecule has 1 aliphatic rings. The second kappa shape index (κ2) is 6.15. The maximum absolute atomic E-state index is 11.5. The van der Waals surface area contributed by atoms with Gasteiger partial charge in [-0.3, -0.25) is 0 Å². The van der Waals surface area contributed by atoms with Crippen LogP contribution in [0.3, 0.4) is 0 Å². The number of rotatable bonds is 2. The number of ether oxygens (including phenoxy) is 2. The molecule has 0 unspecified atom stereocenters. The second-order valence-electron chi connectivity index (χ2n) is 2.73. The van der Waals surface area contributed by atoms with Crippen molar-refractivity contribution in [3.8, 4) is 12.1 Å². The Morgan fingerprint density at radius 1 is 1.00 bits per heavy atom. The molecule has 0 aromatic carbocycles. The molecule has 0 aromatic heterocycles. The molecule has 0 atom stereocenters. The van der Waals surface area contributed by atoms with Gasteiger partial charge in [0.2, 0.25) is 0 Å². The molecule has 0 spiro atoms. The van der Waals surface area contributed by atoms with Crippen molar-refractivity contribution in [3.63, 3.8) is 0 Å². The van der Waals surface area contributed by atoms with E-state index < -0.39 is 11.9 Å². The smallest absolute Gasteiger partial charge is 0.346 e. The molecular weight excluding hydrogens is 276 g/mol. The van der Waals surface area contributed by atoms with Gasteiger partial charge in [-0.1, -0.05) is 23.5 Å². The standard InChI is InChI=1S/C10H6N2O4S2/c1-15-8(13)6-7(9(14)16-2)18-10(17-6)5(3-11)4-12/h1-2H3. The number of nitrogens with zero attached hydrogens (tertiary/aromatic N) is 2. The van der Waals surface area contributed by atoms with Crippen molar-refractivity contribution in [2.75, 3.05) is 14.2 Å². The van der Waals surface area contributed by atoms with Crippen molar-refractivity contribution in [3.05, 3.63) is 19.6 Å². The molecule has 0 bridgehead atoms. The van der Waals surface area contributed by atoms with Crippen LogP contribution < -0.4 is 0 Å². The van der Waals surface area contributed by atoms with Crippen LogP contribution in [0.25, 0.3) is 0 Å². The van der Waals surface area contributed by atoms with Crippen LogP contribution >= 0.6 is 23.5 Å². The number of carbonyl (C=O) groups excluding carboxylic acids is 2. The van der Waals surface area contributed by atoms with Crippen LogP contribution in [0.15, 0.2) is 19.6 Å². The fourth-order valence-corrected chi connectivity index (χ4v) is 3.33. The minimum absolute atomic E-state index is 0.0207. The van der Waals surface area contributed by atoms with Crippen LogP contribution in [0.4, 0.5) is 0 Å².